The van der Waals surface area contributed by atoms with Crippen LogP contribution in [0.5, 0.6) is 0 Å². The van der Waals surface area contributed by atoms with E-state index in [1.165, 1.54) is 0 Å². The zero-order chi connectivity index (χ0) is 34.7. The number of piperazine rings is 1. The molecular weight excluding hydrogens is 635 g/mol. The van der Waals surface area contributed by atoms with Crippen LogP contribution < -0.4 is 0 Å². The van der Waals surface area contributed by atoms with Crippen molar-refractivity contribution in [2.75, 3.05) is 65.6 Å². The zero-order valence-electron chi connectivity index (χ0n) is 30.2. The molecule has 4 aliphatic heterocycles. The number of aromatic amines is 1. The van der Waals surface area contributed by atoms with Gasteiger partial charge in [0, 0.05) is 73.6 Å². The number of rotatable bonds is 9. The minimum Gasteiger partial charge on any atom is -0.378 e. The Kier molecular flexibility index (Phi) is 9.30. The van der Waals surface area contributed by atoms with Gasteiger partial charge in [0.25, 0.3) is 0 Å². The van der Waals surface area contributed by atoms with Crippen molar-refractivity contribution in [2.24, 2.45) is 5.41 Å². The number of Topliss-reactive ketones (excluding diaryl/α,β-unsaturated/α-hetero) is 1. The standard InChI is InChI=1S/C39H53N5O4S/c1-25-19-26(2)21-27(20-25)34-33(30-22-31(49-36(30)40-34)39(5,6)37(47)44-28-7-8-29(44)10-9-28)35(46)38(3,4)24-42-13-11-41(12-14-42)23-32(45)43-15-17-48-18-16-43/h19-22,28-29,40H,7-18,23-24H2,1-6H3. The molecule has 2 aromatic heterocycles. The number of nitrogens with zero attached hydrogens (tertiary/aromatic N) is 4. The van der Waals surface area contributed by atoms with Gasteiger partial charge in [-0.1, -0.05) is 31.0 Å². The van der Waals surface area contributed by atoms with Gasteiger partial charge in [0.05, 0.1) is 36.4 Å². The Labute approximate surface area is 294 Å². The molecule has 0 saturated carbocycles. The van der Waals surface area contributed by atoms with Crippen LogP contribution in [-0.2, 0) is 19.7 Å². The number of aromatic nitrogens is 1. The number of fused-ring (bicyclic) bond motifs is 3. The first-order valence-corrected chi connectivity index (χ1v) is 19.1. The number of hydrogen-bond donors (Lipinski definition) is 1. The number of benzene rings is 1. The van der Waals surface area contributed by atoms with Crippen LogP contribution in [0.3, 0.4) is 0 Å². The summed E-state index contributed by atoms with van der Waals surface area (Å²) in [6.07, 6.45) is 4.47. The summed E-state index contributed by atoms with van der Waals surface area (Å²) in [6, 6.07) is 9.35. The number of ether oxygens (including phenoxy) is 1. The fourth-order valence-electron chi connectivity index (χ4n) is 8.71. The van der Waals surface area contributed by atoms with E-state index < -0.39 is 10.8 Å². The maximum absolute atomic E-state index is 14.9. The molecule has 0 atom stereocenters. The Balaban J connectivity index is 1.13. The lowest BCUT2D eigenvalue weighted by Gasteiger charge is -2.39. The van der Waals surface area contributed by atoms with Crippen molar-refractivity contribution in [3.05, 3.63) is 45.8 Å². The van der Waals surface area contributed by atoms with Crippen molar-refractivity contribution in [1.82, 2.24) is 24.6 Å². The van der Waals surface area contributed by atoms with E-state index in [1.54, 1.807) is 11.3 Å². The average Bonchev–Trinajstić information content (AvgIpc) is 3.85. The van der Waals surface area contributed by atoms with Gasteiger partial charge in [-0.2, -0.15) is 0 Å². The Morgan fingerprint density at radius 3 is 2.04 bits per heavy atom. The van der Waals surface area contributed by atoms with Crippen LogP contribution in [0.4, 0.5) is 0 Å². The van der Waals surface area contributed by atoms with E-state index in [2.05, 4.69) is 85.5 Å². The van der Waals surface area contributed by atoms with Gasteiger partial charge in [-0.15, -0.1) is 11.3 Å². The normalized spacial score (nSPS) is 22.4. The lowest BCUT2D eigenvalue weighted by Crippen LogP contribution is -2.53. The molecule has 0 spiro atoms. The predicted octanol–water partition coefficient (Wildman–Crippen LogP) is 5.63. The van der Waals surface area contributed by atoms with Gasteiger partial charge < -0.3 is 19.5 Å². The Morgan fingerprint density at radius 2 is 1.43 bits per heavy atom. The second kappa shape index (κ2) is 13.2. The van der Waals surface area contributed by atoms with Crippen molar-refractivity contribution in [3.63, 3.8) is 0 Å². The first-order valence-electron chi connectivity index (χ1n) is 18.2. The summed E-state index contributed by atoms with van der Waals surface area (Å²) in [5, 5.41) is 0.920. The number of carbonyl (C=O) groups is 3. The van der Waals surface area contributed by atoms with Gasteiger partial charge >= 0.3 is 0 Å². The van der Waals surface area contributed by atoms with Crippen LogP contribution in [0.1, 0.15) is 79.7 Å². The molecule has 0 unspecified atom stereocenters. The topological polar surface area (TPSA) is 89.2 Å². The van der Waals surface area contributed by atoms with Gasteiger partial charge in [-0.25, -0.2) is 0 Å². The molecule has 49 heavy (non-hydrogen) atoms. The second-order valence-electron chi connectivity index (χ2n) is 16.2. The second-order valence-corrected chi connectivity index (χ2v) is 17.2. The van der Waals surface area contributed by atoms with E-state index in [4.69, 9.17) is 4.74 Å². The summed E-state index contributed by atoms with van der Waals surface area (Å²) in [5.41, 5.74) is 3.60. The highest BCUT2D eigenvalue weighted by atomic mass is 32.1. The third-order valence-electron chi connectivity index (χ3n) is 11.5. The molecule has 3 aromatic rings. The van der Waals surface area contributed by atoms with Gasteiger partial charge in [0.2, 0.25) is 11.8 Å². The van der Waals surface area contributed by atoms with Crippen LogP contribution in [0.2, 0.25) is 0 Å². The SMILES string of the molecule is Cc1cc(C)cc(-c2[nH]c3sc(C(C)(C)C(=O)N4C5CCC4CC5)cc3c2C(=O)C(C)(C)CN2CCN(CC(=O)N3CCOCC3)CC2)c1. The first-order chi connectivity index (χ1) is 23.3. The van der Waals surface area contributed by atoms with Gasteiger partial charge in [-0.05, 0) is 77.1 Å². The van der Waals surface area contributed by atoms with E-state index in [0.29, 0.717) is 51.5 Å². The smallest absolute Gasteiger partial charge is 0.236 e. The number of nitrogens with one attached hydrogen (secondary N) is 1. The fraction of sp³-hybridized carbons (Fsp3) is 0.615. The Morgan fingerprint density at radius 1 is 0.837 bits per heavy atom. The summed E-state index contributed by atoms with van der Waals surface area (Å²) < 4.78 is 5.41. The van der Waals surface area contributed by atoms with Crippen LogP contribution >= 0.6 is 11.3 Å². The van der Waals surface area contributed by atoms with E-state index in [9.17, 15) is 14.4 Å². The van der Waals surface area contributed by atoms with Crippen molar-refractivity contribution >= 4 is 39.2 Å². The number of hydrogen-bond acceptors (Lipinski definition) is 7. The van der Waals surface area contributed by atoms with Crippen molar-refractivity contribution in [1.29, 1.82) is 0 Å². The van der Waals surface area contributed by atoms with E-state index >= 15 is 0 Å². The minimum atomic E-state index is -0.672. The summed E-state index contributed by atoms with van der Waals surface area (Å²) in [5.74, 6) is 0.509. The fourth-order valence-corrected chi connectivity index (χ4v) is 9.87. The number of H-pyrrole nitrogens is 1. The van der Waals surface area contributed by atoms with Crippen LogP contribution in [0.15, 0.2) is 24.3 Å². The molecule has 4 fully saturated rings. The van der Waals surface area contributed by atoms with Crippen molar-refractivity contribution in [2.45, 2.75) is 84.7 Å². The molecule has 1 aromatic carbocycles. The molecule has 2 amide bonds. The van der Waals surface area contributed by atoms with Crippen LogP contribution in [-0.4, -0.2) is 120 Å². The Hall–Kier alpha value is -3.05. The summed E-state index contributed by atoms with van der Waals surface area (Å²) in [7, 11) is 0. The molecule has 0 aliphatic carbocycles. The highest BCUT2D eigenvalue weighted by Crippen LogP contribution is 2.45. The third kappa shape index (κ3) is 6.62. The highest BCUT2D eigenvalue weighted by Gasteiger charge is 2.47. The molecule has 6 heterocycles. The zero-order valence-corrected chi connectivity index (χ0v) is 31.0. The summed E-state index contributed by atoms with van der Waals surface area (Å²) in [4.78, 5) is 56.1. The van der Waals surface area contributed by atoms with Crippen LogP contribution in [0.25, 0.3) is 21.5 Å². The lowest BCUT2D eigenvalue weighted by molar-refractivity contribution is -0.137. The third-order valence-corrected chi connectivity index (χ3v) is 12.9. The van der Waals surface area contributed by atoms with Crippen molar-refractivity contribution < 1.29 is 19.1 Å². The number of aryl methyl sites for hydroxylation is 2. The predicted molar refractivity (Wildman–Crippen MR) is 195 cm³/mol. The van der Waals surface area contributed by atoms with Crippen LogP contribution in [0, 0.1) is 19.3 Å². The maximum Gasteiger partial charge on any atom is 0.236 e. The number of amides is 2. The van der Waals surface area contributed by atoms with E-state index in [-0.39, 0.29) is 17.6 Å². The molecule has 2 bridgehead atoms. The molecule has 264 valence electrons. The molecule has 0 radical (unpaired) electrons. The Bertz CT molecular complexity index is 1700. The molecular formula is C39H53N5O4S. The quantitative estimate of drug-likeness (QED) is 0.294. The molecule has 9 nitrogen and oxygen atoms in total. The first kappa shape index (κ1) is 34.4. The number of morpholine rings is 1. The van der Waals surface area contributed by atoms with E-state index in [0.717, 1.165) is 94.9 Å². The molecule has 4 saturated heterocycles. The number of carbonyl (C=O) groups excluding carboxylic acids is 3. The van der Waals surface area contributed by atoms with Crippen molar-refractivity contribution in [3.8, 4) is 11.3 Å². The van der Waals surface area contributed by atoms with Gasteiger partial charge in [-0.3, -0.25) is 24.2 Å². The lowest BCUT2D eigenvalue weighted by atomic mass is 9.81. The van der Waals surface area contributed by atoms with Gasteiger partial charge in [0.1, 0.15) is 4.83 Å². The number of thiophene rings is 1. The monoisotopic (exact) mass is 687 g/mol. The summed E-state index contributed by atoms with van der Waals surface area (Å²) >= 11 is 1.62. The highest BCUT2D eigenvalue weighted by molar-refractivity contribution is 7.19. The van der Waals surface area contributed by atoms with E-state index in [1.807, 2.05) is 4.90 Å². The molecule has 10 heteroatoms. The minimum absolute atomic E-state index is 0.115. The van der Waals surface area contributed by atoms with Gasteiger partial charge in [0.15, 0.2) is 5.78 Å². The maximum atomic E-state index is 14.9. The average molecular weight is 688 g/mol. The largest absolute Gasteiger partial charge is 0.378 e. The molecule has 1 N–H and O–H groups in total. The molecule has 7 rings (SSSR count). The number of ketones is 1. The summed E-state index contributed by atoms with van der Waals surface area (Å²) in [6.45, 7) is 19.3. The molecule has 4 aliphatic rings.